The van der Waals surface area contributed by atoms with Gasteiger partial charge >= 0.3 is 0 Å². The first kappa shape index (κ1) is 14.2. The number of halogens is 1. The summed E-state index contributed by atoms with van der Waals surface area (Å²) in [6, 6.07) is 15.8. The molecule has 21 heavy (non-hydrogen) atoms. The van der Waals surface area contributed by atoms with Crippen LogP contribution in [-0.4, -0.2) is 6.04 Å². The Morgan fingerprint density at radius 2 is 1.81 bits per heavy atom. The van der Waals surface area contributed by atoms with Crippen LogP contribution < -0.4 is 5.32 Å². The number of rotatable bonds is 7. The Bertz CT molecular complexity index is 595. The summed E-state index contributed by atoms with van der Waals surface area (Å²) in [5, 5.41) is 3.50. The van der Waals surface area contributed by atoms with E-state index in [1.165, 1.54) is 24.5 Å². The molecular weight excluding hydrogens is 265 g/mol. The van der Waals surface area contributed by atoms with Gasteiger partial charge in [-0.1, -0.05) is 42.5 Å². The molecule has 2 nitrogen and oxygen atoms in total. The molecule has 1 aliphatic carbocycles. The summed E-state index contributed by atoms with van der Waals surface area (Å²) in [5.41, 5.74) is 3.00. The molecule has 0 atom stereocenters. The van der Waals surface area contributed by atoms with Gasteiger partial charge in [-0.2, -0.15) is 0 Å². The summed E-state index contributed by atoms with van der Waals surface area (Å²) < 4.78 is 19.1. The molecule has 0 heterocycles. The van der Waals surface area contributed by atoms with Gasteiger partial charge in [0.05, 0.1) is 13.2 Å². The summed E-state index contributed by atoms with van der Waals surface area (Å²) >= 11 is 0. The predicted octanol–water partition coefficient (Wildman–Crippen LogP) is 3.79. The van der Waals surface area contributed by atoms with Crippen molar-refractivity contribution in [3.8, 4) is 0 Å². The van der Waals surface area contributed by atoms with E-state index in [1.807, 2.05) is 18.2 Å². The van der Waals surface area contributed by atoms with E-state index in [2.05, 4.69) is 17.4 Å². The van der Waals surface area contributed by atoms with Crippen LogP contribution in [0.25, 0.3) is 0 Å². The highest BCUT2D eigenvalue weighted by Crippen LogP contribution is 2.19. The van der Waals surface area contributed by atoms with Crippen molar-refractivity contribution in [2.24, 2.45) is 0 Å². The number of ether oxygens (including phenoxy) is 1. The summed E-state index contributed by atoms with van der Waals surface area (Å²) in [6.45, 7) is 1.72. The maximum absolute atomic E-state index is 13.5. The average Bonchev–Trinajstić information content (AvgIpc) is 3.32. The highest BCUT2D eigenvalue weighted by Gasteiger charge is 2.19. The van der Waals surface area contributed by atoms with Crippen molar-refractivity contribution >= 4 is 0 Å². The molecule has 2 aromatic rings. The highest BCUT2D eigenvalue weighted by atomic mass is 19.1. The zero-order valence-corrected chi connectivity index (χ0v) is 12.0. The summed E-state index contributed by atoms with van der Waals surface area (Å²) in [5.74, 6) is -0.208. The van der Waals surface area contributed by atoms with Gasteiger partial charge in [0.1, 0.15) is 5.82 Å². The van der Waals surface area contributed by atoms with Crippen LogP contribution in [0.15, 0.2) is 48.5 Å². The summed E-state index contributed by atoms with van der Waals surface area (Å²) in [7, 11) is 0. The van der Waals surface area contributed by atoms with Crippen LogP contribution in [0.3, 0.4) is 0 Å². The second-order valence-corrected chi connectivity index (χ2v) is 5.56. The summed E-state index contributed by atoms with van der Waals surface area (Å²) in [4.78, 5) is 0. The maximum atomic E-state index is 13.5. The smallest absolute Gasteiger partial charge is 0.128 e. The van der Waals surface area contributed by atoms with Crippen LogP contribution in [0.1, 0.15) is 29.5 Å². The van der Waals surface area contributed by atoms with Gasteiger partial charge in [0.15, 0.2) is 0 Å². The standard InChI is InChI=1S/C18H20FNO/c19-18-7-2-1-6-16(18)13-21-12-15-5-3-4-14(10-15)11-20-17-8-9-17/h1-7,10,17,20H,8-9,11-13H2. The molecule has 1 aliphatic rings. The molecule has 0 bridgehead atoms. The molecule has 0 unspecified atom stereocenters. The minimum absolute atomic E-state index is 0.208. The Labute approximate surface area is 125 Å². The van der Waals surface area contributed by atoms with Gasteiger partial charge in [0.25, 0.3) is 0 Å². The van der Waals surface area contributed by atoms with E-state index in [9.17, 15) is 4.39 Å². The van der Waals surface area contributed by atoms with Crippen molar-refractivity contribution in [1.82, 2.24) is 5.32 Å². The fourth-order valence-corrected chi connectivity index (χ4v) is 2.27. The number of benzene rings is 2. The van der Waals surface area contributed by atoms with Crippen LogP contribution in [0.5, 0.6) is 0 Å². The molecule has 1 saturated carbocycles. The van der Waals surface area contributed by atoms with E-state index in [0.717, 1.165) is 12.1 Å². The van der Waals surface area contributed by atoms with Crippen molar-refractivity contribution in [3.05, 3.63) is 71.0 Å². The first-order chi connectivity index (χ1) is 10.3. The Hall–Kier alpha value is -1.71. The van der Waals surface area contributed by atoms with E-state index < -0.39 is 0 Å². The summed E-state index contributed by atoms with van der Waals surface area (Å²) in [6.07, 6.45) is 2.59. The molecule has 0 amide bonds. The van der Waals surface area contributed by atoms with Crippen molar-refractivity contribution in [2.75, 3.05) is 0 Å². The normalized spacial score (nSPS) is 14.3. The van der Waals surface area contributed by atoms with E-state index in [1.54, 1.807) is 12.1 Å². The van der Waals surface area contributed by atoms with Crippen LogP contribution >= 0.6 is 0 Å². The largest absolute Gasteiger partial charge is 0.372 e. The van der Waals surface area contributed by atoms with Crippen LogP contribution in [0.2, 0.25) is 0 Å². The second kappa shape index (κ2) is 6.83. The van der Waals surface area contributed by atoms with Gasteiger partial charge in [-0.25, -0.2) is 4.39 Å². The van der Waals surface area contributed by atoms with Crippen LogP contribution in [-0.2, 0) is 24.5 Å². The number of hydrogen-bond acceptors (Lipinski definition) is 2. The third-order valence-corrected chi connectivity index (χ3v) is 3.65. The monoisotopic (exact) mass is 285 g/mol. The fourth-order valence-electron chi connectivity index (χ4n) is 2.27. The molecule has 0 saturated heterocycles. The van der Waals surface area contributed by atoms with Crippen molar-refractivity contribution < 1.29 is 9.13 Å². The lowest BCUT2D eigenvalue weighted by atomic mass is 10.1. The molecule has 1 fully saturated rings. The van der Waals surface area contributed by atoms with Gasteiger partial charge in [-0.05, 0) is 30.0 Å². The third-order valence-electron chi connectivity index (χ3n) is 3.65. The number of nitrogens with one attached hydrogen (secondary N) is 1. The Kier molecular flexibility index (Phi) is 4.63. The molecule has 0 spiro atoms. The van der Waals surface area contributed by atoms with Crippen molar-refractivity contribution in [3.63, 3.8) is 0 Å². The SMILES string of the molecule is Fc1ccccc1COCc1cccc(CNC2CC2)c1. The number of hydrogen-bond donors (Lipinski definition) is 1. The van der Waals surface area contributed by atoms with Gasteiger partial charge in [-0.3, -0.25) is 0 Å². The Balaban J connectivity index is 1.50. The lowest BCUT2D eigenvalue weighted by Gasteiger charge is -2.08. The highest BCUT2D eigenvalue weighted by molar-refractivity contribution is 5.23. The Morgan fingerprint density at radius 1 is 1.00 bits per heavy atom. The molecule has 2 aromatic carbocycles. The van der Waals surface area contributed by atoms with E-state index in [0.29, 0.717) is 24.8 Å². The predicted molar refractivity (Wildman–Crippen MR) is 81.2 cm³/mol. The van der Waals surface area contributed by atoms with Gasteiger partial charge < -0.3 is 10.1 Å². The molecule has 3 rings (SSSR count). The first-order valence-corrected chi connectivity index (χ1v) is 7.43. The van der Waals surface area contributed by atoms with Crippen LogP contribution in [0, 0.1) is 5.82 Å². The lowest BCUT2D eigenvalue weighted by molar-refractivity contribution is 0.105. The molecule has 0 aromatic heterocycles. The zero-order valence-electron chi connectivity index (χ0n) is 12.0. The first-order valence-electron chi connectivity index (χ1n) is 7.43. The molecule has 1 N–H and O–H groups in total. The molecular formula is C18H20FNO. The topological polar surface area (TPSA) is 21.3 Å². The van der Waals surface area contributed by atoms with Crippen molar-refractivity contribution in [2.45, 2.75) is 38.6 Å². The van der Waals surface area contributed by atoms with Gasteiger partial charge in [0.2, 0.25) is 0 Å². The minimum atomic E-state index is -0.208. The quantitative estimate of drug-likeness (QED) is 0.835. The second-order valence-electron chi connectivity index (χ2n) is 5.56. The minimum Gasteiger partial charge on any atom is -0.372 e. The van der Waals surface area contributed by atoms with Gasteiger partial charge in [-0.15, -0.1) is 0 Å². The molecule has 110 valence electrons. The fraction of sp³-hybridized carbons (Fsp3) is 0.333. The molecule has 0 radical (unpaired) electrons. The lowest BCUT2D eigenvalue weighted by Crippen LogP contribution is -2.15. The Morgan fingerprint density at radius 3 is 2.62 bits per heavy atom. The maximum Gasteiger partial charge on any atom is 0.128 e. The van der Waals surface area contributed by atoms with E-state index >= 15 is 0 Å². The van der Waals surface area contributed by atoms with Crippen molar-refractivity contribution in [1.29, 1.82) is 0 Å². The average molecular weight is 285 g/mol. The zero-order chi connectivity index (χ0) is 14.5. The molecule has 3 heteroatoms. The molecule has 0 aliphatic heterocycles. The van der Waals surface area contributed by atoms with Gasteiger partial charge in [0, 0.05) is 18.2 Å². The van der Waals surface area contributed by atoms with E-state index in [-0.39, 0.29) is 5.82 Å². The third kappa shape index (κ3) is 4.38. The van der Waals surface area contributed by atoms with Crippen LogP contribution in [0.4, 0.5) is 4.39 Å². The van der Waals surface area contributed by atoms with E-state index in [4.69, 9.17) is 4.74 Å².